The van der Waals surface area contributed by atoms with Crippen molar-refractivity contribution in [2.75, 3.05) is 5.32 Å². The second-order valence-corrected chi connectivity index (χ2v) is 5.13. The van der Waals surface area contributed by atoms with E-state index < -0.39 is 17.9 Å². The Bertz CT molecular complexity index is 640. The van der Waals surface area contributed by atoms with Crippen molar-refractivity contribution >= 4 is 29.0 Å². The van der Waals surface area contributed by atoms with E-state index in [1.807, 2.05) is 0 Å². The molecule has 4 N–H and O–H groups in total. The topological polar surface area (TPSA) is 105 Å². The monoisotopic (exact) mass is 291 g/mol. The van der Waals surface area contributed by atoms with Crippen LogP contribution in [-0.2, 0) is 4.79 Å². The van der Waals surface area contributed by atoms with Crippen molar-refractivity contribution < 1.29 is 14.7 Å². The summed E-state index contributed by atoms with van der Waals surface area (Å²) >= 11 is 1.31. The lowest BCUT2D eigenvalue weighted by Gasteiger charge is -2.16. The third-order valence-electron chi connectivity index (χ3n) is 2.76. The highest BCUT2D eigenvalue weighted by Crippen LogP contribution is 2.25. The minimum absolute atomic E-state index is 0.179. The molecule has 0 aromatic carbocycles. The summed E-state index contributed by atoms with van der Waals surface area (Å²) in [6.07, 6.45) is 1.50. The number of nitrogens with one attached hydrogen (secondary N) is 1. The zero-order valence-electron chi connectivity index (χ0n) is 10.7. The van der Waals surface area contributed by atoms with Gasteiger partial charge in [-0.3, -0.25) is 4.79 Å². The molecule has 1 atom stereocenters. The fraction of sp³-hybridized carbons (Fsp3) is 0.154. The summed E-state index contributed by atoms with van der Waals surface area (Å²) in [6.45, 7) is 1.72. The number of aromatic nitrogens is 1. The highest BCUT2D eigenvalue weighted by molar-refractivity contribution is 7.10. The zero-order valence-corrected chi connectivity index (χ0v) is 11.5. The summed E-state index contributed by atoms with van der Waals surface area (Å²) in [6, 6.07) is 4.14. The lowest BCUT2D eigenvalue weighted by atomic mass is 10.1. The molecule has 2 aromatic rings. The van der Waals surface area contributed by atoms with Crippen LogP contribution in [0.5, 0.6) is 0 Å². The van der Waals surface area contributed by atoms with Crippen LogP contribution in [0, 0.1) is 6.92 Å². The zero-order chi connectivity index (χ0) is 14.7. The van der Waals surface area contributed by atoms with E-state index in [9.17, 15) is 14.7 Å². The maximum absolute atomic E-state index is 11.5. The third-order valence-corrected chi connectivity index (χ3v) is 3.70. The summed E-state index contributed by atoms with van der Waals surface area (Å²) < 4.78 is 0. The standard InChI is InChI=1S/C13H13N3O3S/c1-7-4-5-15-12(9(7)11(14)17)16-10(13(18)19)8-3-2-6-20-8/h2-6,10H,1H3,(H2,14,17)(H,15,16)(H,18,19). The molecule has 6 nitrogen and oxygen atoms in total. The van der Waals surface area contributed by atoms with E-state index in [1.54, 1.807) is 30.5 Å². The average Bonchev–Trinajstić information content (AvgIpc) is 2.88. The van der Waals surface area contributed by atoms with Crippen LogP contribution in [-0.4, -0.2) is 22.0 Å². The van der Waals surface area contributed by atoms with Gasteiger partial charge in [-0.05, 0) is 30.0 Å². The molecule has 104 valence electrons. The Morgan fingerprint density at radius 3 is 2.75 bits per heavy atom. The molecule has 0 spiro atoms. The second-order valence-electron chi connectivity index (χ2n) is 4.15. The van der Waals surface area contributed by atoms with Crippen molar-refractivity contribution in [2.45, 2.75) is 13.0 Å². The van der Waals surface area contributed by atoms with Crippen molar-refractivity contribution in [3.8, 4) is 0 Å². The summed E-state index contributed by atoms with van der Waals surface area (Å²) in [5.41, 5.74) is 6.17. The average molecular weight is 291 g/mol. The molecule has 0 saturated heterocycles. The summed E-state index contributed by atoms with van der Waals surface area (Å²) in [5.74, 6) is -1.52. The van der Waals surface area contributed by atoms with Gasteiger partial charge in [0.25, 0.3) is 5.91 Å². The number of thiophene rings is 1. The van der Waals surface area contributed by atoms with Gasteiger partial charge in [-0.2, -0.15) is 0 Å². The number of hydrogen-bond acceptors (Lipinski definition) is 5. The van der Waals surface area contributed by atoms with Crippen molar-refractivity contribution in [1.82, 2.24) is 4.98 Å². The molecule has 0 bridgehead atoms. The third kappa shape index (κ3) is 2.77. The number of pyridine rings is 1. The SMILES string of the molecule is Cc1ccnc(NC(C(=O)O)c2cccs2)c1C(N)=O. The van der Waals surface area contributed by atoms with E-state index in [2.05, 4.69) is 10.3 Å². The predicted octanol–water partition coefficient (Wildman–Crippen LogP) is 1.79. The first-order chi connectivity index (χ1) is 9.50. The van der Waals surface area contributed by atoms with Crippen LogP contribution in [0.3, 0.4) is 0 Å². The first kappa shape index (κ1) is 14.0. The molecular formula is C13H13N3O3S. The minimum atomic E-state index is -1.05. The molecule has 1 amide bonds. The Balaban J connectivity index is 2.40. The molecule has 0 fully saturated rings. The Morgan fingerprint density at radius 1 is 1.45 bits per heavy atom. The number of primary amides is 1. The number of carboxylic acids is 1. The van der Waals surface area contributed by atoms with Gasteiger partial charge in [0, 0.05) is 11.1 Å². The maximum Gasteiger partial charge on any atom is 0.331 e. The highest BCUT2D eigenvalue weighted by atomic mass is 32.1. The molecule has 2 heterocycles. The van der Waals surface area contributed by atoms with Crippen LogP contribution in [0.15, 0.2) is 29.8 Å². The number of rotatable bonds is 5. The van der Waals surface area contributed by atoms with Crippen molar-refractivity contribution in [3.63, 3.8) is 0 Å². The molecular weight excluding hydrogens is 278 g/mol. The van der Waals surface area contributed by atoms with Gasteiger partial charge in [-0.25, -0.2) is 9.78 Å². The summed E-state index contributed by atoms with van der Waals surface area (Å²) in [7, 11) is 0. The highest BCUT2D eigenvalue weighted by Gasteiger charge is 2.23. The fourth-order valence-corrected chi connectivity index (χ4v) is 2.59. The van der Waals surface area contributed by atoms with E-state index in [0.717, 1.165) is 0 Å². The molecule has 0 aliphatic rings. The molecule has 20 heavy (non-hydrogen) atoms. The molecule has 0 saturated carbocycles. The van der Waals surface area contributed by atoms with Gasteiger partial charge in [-0.15, -0.1) is 11.3 Å². The molecule has 0 aliphatic heterocycles. The van der Waals surface area contributed by atoms with Crippen molar-refractivity contribution in [1.29, 1.82) is 0 Å². The normalized spacial score (nSPS) is 11.8. The largest absolute Gasteiger partial charge is 0.479 e. The maximum atomic E-state index is 11.5. The number of carboxylic acid groups (broad SMARTS) is 1. The lowest BCUT2D eigenvalue weighted by Crippen LogP contribution is -2.23. The first-order valence-electron chi connectivity index (χ1n) is 5.79. The number of nitrogens with two attached hydrogens (primary N) is 1. The molecule has 2 rings (SSSR count). The van der Waals surface area contributed by atoms with Crippen LogP contribution in [0.1, 0.15) is 26.8 Å². The molecule has 1 unspecified atom stereocenters. The Labute approximate surface area is 119 Å². The summed E-state index contributed by atoms with van der Waals surface area (Å²) in [4.78, 5) is 27.5. The number of aliphatic carboxylic acids is 1. The Kier molecular flexibility index (Phi) is 3.99. The second kappa shape index (κ2) is 5.70. The van der Waals surface area contributed by atoms with Crippen LogP contribution < -0.4 is 11.1 Å². The van der Waals surface area contributed by atoms with Crippen LogP contribution in [0.25, 0.3) is 0 Å². The smallest absolute Gasteiger partial charge is 0.331 e. The van der Waals surface area contributed by atoms with E-state index in [4.69, 9.17) is 5.73 Å². The number of anilines is 1. The number of nitrogens with zero attached hydrogens (tertiary/aromatic N) is 1. The quantitative estimate of drug-likeness (QED) is 0.778. The van der Waals surface area contributed by atoms with E-state index in [-0.39, 0.29) is 11.4 Å². The predicted molar refractivity (Wildman–Crippen MR) is 75.8 cm³/mol. The number of hydrogen-bond donors (Lipinski definition) is 3. The van der Waals surface area contributed by atoms with Crippen molar-refractivity contribution in [2.24, 2.45) is 5.73 Å². The molecule has 0 radical (unpaired) electrons. The first-order valence-corrected chi connectivity index (χ1v) is 6.67. The number of aryl methyl sites for hydroxylation is 1. The van der Waals surface area contributed by atoms with Crippen LogP contribution >= 0.6 is 11.3 Å². The van der Waals surface area contributed by atoms with Gasteiger partial charge in [0.05, 0.1) is 5.56 Å². The Hall–Kier alpha value is -2.41. The van der Waals surface area contributed by atoms with E-state index in [0.29, 0.717) is 10.4 Å². The van der Waals surface area contributed by atoms with Gasteiger partial charge in [0.2, 0.25) is 0 Å². The fourth-order valence-electron chi connectivity index (χ4n) is 1.83. The van der Waals surface area contributed by atoms with Crippen LogP contribution in [0.2, 0.25) is 0 Å². The van der Waals surface area contributed by atoms with Gasteiger partial charge in [-0.1, -0.05) is 6.07 Å². The van der Waals surface area contributed by atoms with E-state index in [1.165, 1.54) is 17.5 Å². The molecule has 2 aromatic heterocycles. The number of amides is 1. The Morgan fingerprint density at radius 2 is 2.20 bits per heavy atom. The van der Waals surface area contributed by atoms with Gasteiger partial charge < -0.3 is 16.2 Å². The minimum Gasteiger partial charge on any atom is -0.479 e. The van der Waals surface area contributed by atoms with Gasteiger partial charge in [0.1, 0.15) is 5.82 Å². The van der Waals surface area contributed by atoms with Gasteiger partial charge >= 0.3 is 5.97 Å². The van der Waals surface area contributed by atoms with E-state index >= 15 is 0 Å². The number of carbonyl (C=O) groups excluding carboxylic acids is 1. The molecule has 0 aliphatic carbocycles. The van der Waals surface area contributed by atoms with Crippen LogP contribution in [0.4, 0.5) is 5.82 Å². The van der Waals surface area contributed by atoms with Gasteiger partial charge in [0.15, 0.2) is 6.04 Å². The summed E-state index contributed by atoms with van der Waals surface area (Å²) in [5, 5.41) is 13.9. The molecule has 7 heteroatoms. The lowest BCUT2D eigenvalue weighted by molar-refractivity contribution is -0.138. The number of carbonyl (C=O) groups is 2. The van der Waals surface area contributed by atoms with Crippen molar-refractivity contribution in [3.05, 3.63) is 45.8 Å².